The summed E-state index contributed by atoms with van der Waals surface area (Å²) in [5.74, 6) is -2.28. The van der Waals surface area contributed by atoms with E-state index in [4.69, 9.17) is 19.3 Å². The molecular weight excluding hydrogens is 350 g/mol. The monoisotopic (exact) mass is 371 g/mol. The van der Waals surface area contributed by atoms with Gasteiger partial charge < -0.3 is 54.8 Å². The van der Waals surface area contributed by atoms with E-state index >= 15 is 0 Å². The van der Waals surface area contributed by atoms with Crippen molar-refractivity contribution in [2.75, 3.05) is 19.8 Å². The molecule has 25 heavy (non-hydrogen) atoms. The van der Waals surface area contributed by atoms with Crippen LogP contribution in [-0.2, 0) is 19.0 Å². The van der Waals surface area contributed by atoms with Crippen LogP contribution in [0.5, 0.6) is 0 Å². The van der Waals surface area contributed by atoms with Gasteiger partial charge in [0, 0.05) is 0 Å². The molecular formula is C12H21NO12. The molecule has 13 heteroatoms. The second kappa shape index (κ2) is 8.13. The maximum absolute atomic E-state index is 10.4. The number of ether oxygens (including phenoxy) is 3. The lowest BCUT2D eigenvalue weighted by atomic mass is 9.99. The molecule has 0 aromatic rings. The Morgan fingerprint density at radius 1 is 0.920 bits per heavy atom. The maximum atomic E-state index is 10.4. The fourth-order valence-electron chi connectivity index (χ4n) is 2.80. The van der Waals surface area contributed by atoms with Gasteiger partial charge in [0.2, 0.25) is 11.9 Å². The average Bonchev–Trinajstić information content (AvgIpc) is 2.88. The predicted octanol–water partition coefficient (Wildman–Crippen LogP) is -4.69. The Hall–Kier alpha value is -1.00. The molecule has 0 aromatic carbocycles. The van der Waals surface area contributed by atoms with Crippen LogP contribution in [0.1, 0.15) is 0 Å². The van der Waals surface area contributed by atoms with E-state index < -0.39 is 74.6 Å². The highest BCUT2D eigenvalue weighted by Gasteiger charge is 2.61. The molecule has 0 unspecified atom stereocenters. The van der Waals surface area contributed by atoms with Crippen molar-refractivity contribution in [2.24, 2.45) is 5.34 Å². The lowest BCUT2D eigenvalue weighted by molar-refractivity contribution is -0.386. The Kier molecular flexibility index (Phi) is 6.61. The topological polar surface area (TPSA) is 208 Å². The summed E-state index contributed by atoms with van der Waals surface area (Å²) < 4.78 is 15.6. The zero-order chi connectivity index (χ0) is 18.8. The third-order valence-electron chi connectivity index (χ3n) is 4.20. The van der Waals surface area contributed by atoms with Gasteiger partial charge >= 0.3 is 0 Å². The highest BCUT2D eigenvalue weighted by Crippen LogP contribution is 2.37. The minimum absolute atomic E-state index is 0.723. The first kappa shape index (κ1) is 20.3. The van der Waals surface area contributed by atoms with Crippen LogP contribution < -0.4 is 0 Å². The van der Waals surface area contributed by atoms with Crippen LogP contribution in [0.2, 0.25) is 0 Å². The first-order valence-corrected chi connectivity index (χ1v) is 7.39. The van der Waals surface area contributed by atoms with E-state index in [-0.39, 0.29) is 0 Å². The molecule has 2 aliphatic heterocycles. The first-order chi connectivity index (χ1) is 11.8. The summed E-state index contributed by atoms with van der Waals surface area (Å²) >= 11 is 0. The van der Waals surface area contributed by atoms with Crippen molar-refractivity contribution in [1.29, 1.82) is 0 Å². The van der Waals surface area contributed by atoms with Crippen molar-refractivity contribution in [3.05, 3.63) is 4.91 Å². The van der Waals surface area contributed by atoms with Crippen LogP contribution in [0.15, 0.2) is 5.34 Å². The quantitative estimate of drug-likeness (QED) is 0.166. The van der Waals surface area contributed by atoms with Crippen molar-refractivity contribution in [1.82, 2.24) is 0 Å². The third kappa shape index (κ3) is 3.61. The van der Waals surface area contributed by atoms with Gasteiger partial charge in [-0.05, 0) is 0 Å². The van der Waals surface area contributed by atoms with Gasteiger partial charge in [0.25, 0.3) is 0 Å². The number of hydrogen-bond acceptors (Lipinski definition) is 13. The Bertz CT molecular complexity index is 452. The summed E-state index contributed by atoms with van der Waals surface area (Å²) in [5, 5.41) is 69.6. The zero-order valence-corrected chi connectivity index (χ0v) is 12.9. The molecule has 2 rings (SSSR count). The van der Waals surface area contributed by atoms with E-state index in [9.17, 15) is 35.5 Å². The molecule has 9 atom stereocenters. The van der Waals surface area contributed by atoms with Gasteiger partial charge in [0.1, 0.15) is 43.2 Å². The lowest BCUT2D eigenvalue weighted by Crippen LogP contribution is -2.62. The van der Waals surface area contributed by atoms with E-state index in [0.29, 0.717) is 0 Å². The molecule has 0 radical (unpaired) electrons. The van der Waals surface area contributed by atoms with Crippen molar-refractivity contribution in [3.63, 3.8) is 0 Å². The highest BCUT2D eigenvalue weighted by molar-refractivity contribution is 4.99. The summed E-state index contributed by atoms with van der Waals surface area (Å²) in [5.41, 5.74) is 0. The van der Waals surface area contributed by atoms with Crippen molar-refractivity contribution >= 4 is 0 Å². The molecule has 0 spiro atoms. The Labute approximate surface area is 140 Å². The molecule has 0 saturated carbocycles. The molecule has 0 aliphatic carbocycles. The average molecular weight is 371 g/mol. The van der Waals surface area contributed by atoms with Gasteiger partial charge in [0.15, 0.2) is 11.6 Å². The minimum Gasteiger partial charge on any atom is -0.394 e. The maximum Gasteiger partial charge on any atom is 0.238 e. The fraction of sp³-hybridized carbons (Fsp3) is 1.00. The number of rotatable bonds is 7. The van der Waals surface area contributed by atoms with Gasteiger partial charge in [-0.3, -0.25) is 0 Å². The Morgan fingerprint density at radius 2 is 1.56 bits per heavy atom. The third-order valence-corrected chi connectivity index (χ3v) is 4.20. The smallest absolute Gasteiger partial charge is 0.238 e. The van der Waals surface area contributed by atoms with Gasteiger partial charge in [0.05, 0.1) is 13.2 Å². The standard InChI is InChI=1S/C12H21NO12/c14-1-4-6(17)8(19)9(20)11(22-4)24-12(3-16)10(25-13-21)7(18)5(2-15)23-12/h4-11,14-20H,1-3H2/t4-,5-,6-,7-,8+,9-,10+,11-,12+/m1/s1. The predicted molar refractivity (Wildman–Crippen MR) is 73.3 cm³/mol. The fourth-order valence-corrected chi connectivity index (χ4v) is 2.80. The Morgan fingerprint density at radius 3 is 2.08 bits per heavy atom. The molecule has 7 N–H and O–H groups in total. The SMILES string of the molecule is O=NO[C@H]1[C@H](O)[C@@H](CO)O[C@@]1(CO)O[C@H]1O[C@H](CO)[C@@H](O)[C@H](O)[C@H]1O. The van der Waals surface area contributed by atoms with Crippen molar-refractivity contribution < 1.29 is 54.8 Å². The molecule has 0 aromatic heterocycles. The van der Waals surface area contributed by atoms with E-state index in [2.05, 4.69) is 10.2 Å². The summed E-state index contributed by atoms with van der Waals surface area (Å²) in [6, 6.07) is 0. The van der Waals surface area contributed by atoms with Crippen LogP contribution in [0.3, 0.4) is 0 Å². The second-order valence-corrected chi connectivity index (χ2v) is 5.72. The summed E-state index contributed by atoms with van der Waals surface area (Å²) in [4.78, 5) is 14.9. The lowest BCUT2D eigenvalue weighted by Gasteiger charge is -2.43. The largest absolute Gasteiger partial charge is 0.394 e. The summed E-state index contributed by atoms with van der Waals surface area (Å²) in [6.45, 7) is -2.47. The molecule has 13 nitrogen and oxygen atoms in total. The molecule has 2 aliphatic rings. The van der Waals surface area contributed by atoms with E-state index in [1.807, 2.05) is 0 Å². The van der Waals surface area contributed by atoms with E-state index in [0.717, 1.165) is 0 Å². The van der Waals surface area contributed by atoms with Gasteiger partial charge in [-0.15, -0.1) is 4.91 Å². The van der Waals surface area contributed by atoms with Gasteiger partial charge in [-0.1, -0.05) is 0 Å². The number of aliphatic hydroxyl groups is 7. The molecule has 146 valence electrons. The number of nitrogens with zero attached hydrogens (tertiary/aromatic N) is 1. The van der Waals surface area contributed by atoms with E-state index in [1.165, 1.54) is 0 Å². The van der Waals surface area contributed by atoms with Crippen LogP contribution in [0.25, 0.3) is 0 Å². The van der Waals surface area contributed by atoms with Crippen LogP contribution >= 0.6 is 0 Å². The van der Waals surface area contributed by atoms with Gasteiger partial charge in [-0.2, -0.15) is 0 Å². The van der Waals surface area contributed by atoms with Crippen molar-refractivity contribution in [3.8, 4) is 0 Å². The summed E-state index contributed by atoms with van der Waals surface area (Å²) in [6.07, 6.45) is -12.9. The second-order valence-electron chi connectivity index (χ2n) is 5.72. The summed E-state index contributed by atoms with van der Waals surface area (Å²) in [7, 11) is 0. The molecule has 2 fully saturated rings. The van der Waals surface area contributed by atoms with Crippen LogP contribution in [0.4, 0.5) is 0 Å². The van der Waals surface area contributed by atoms with Gasteiger partial charge in [-0.25, -0.2) is 0 Å². The van der Waals surface area contributed by atoms with Crippen LogP contribution in [0, 0.1) is 4.91 Å². The van der Waals surface area contributed by atoms with Crippen molar-refractivity contribution in [2.45, 2.75) is 54.8 Å². The number of hydrogen-bond donors (Lipinski definition) is 7. The number of aliphatic hydroxyl groups excluding tert-OH is 7. The molecule has 2 heterocycles. The molecule has 0 amide bonds. The van der Waals surface area contributed by atoms with E-state index in [1.54, 1.807) is 0 Å². The minimum atomic E-state index is -2.28. The van der Waals surface area contributed by atoms with Crippen LogP contribution in [-0.4, -0.2) is 110 Å². The molecule has 2 saturated heterocycles. The zero-order valence-electron chi connectivity index (χ0n) is 12.9. The molecule has 0 bridgehead atoms. The Balaban J connectivity index is 2.25. The normalized spacial score (nSPS) is 47.6. The highest BCUT2D eigenvalue weighted by atomic mass is 16.8. The first-order valence-electron chi connectivity index (χ1n) is 7.39.